The number of benzene rings is 1. The van der Waals surface area contributed by atoms with Gasteiger partial charge in [0, 0.05) is 6.04 Å². The van der Waals surface area contributed by atoms with Gasteiger partial charge < -0.3 is 5.32 Å². The summed E-state index contributed by atoms with van der Waals surface area (Å²) in [5.74, 6) is 1.59. The molecule has 1 nitrogen and oxygen atoms in total. The van der Waals surface area contributed by atoms with Crippen LogP contribution >= 0.6 is 0 Å². The third-order valence-electron chi connectivity index (χ3n) is 4.11. The van der Waals surface area contributed by atoms with E-state index in [1.807, 2.05) is 0 Å². The molecule has 0 spiro atoms. The molecule has 0 radical (unpaired) electrons. The maximum absolute atomic E-state index is 3.50. The van der Waals surface area contributed by atoms with Crippen molar-refractivity contribution in [1.29, 1.82) is 0 Å². The lowest BCUT2D eigenvalue weighted by atomic mass is 9.77. The topological polar surface area (TPSA) is 12.0 Å². The third-order valence-corrected chi connectivity index (χ3v) is 4.11. The van der Waals surface area contributed by atoms with Crippen LogP contribution in [0.3, 0.4) is 0 Å². The first-order valence-corrected chi connectivity index (χ1v) is 6.53. The van der Waals surface area contributed by atoms with E-state index in [9.17, 15) is 0 Å². The Hall–Kier alpha value is -0.820. The summed E-state index contributed by atoms with van der Waals surface area (Å²) in [6.07, 6.45) is 5.67. The van der Waals surface area contributed by atoms with E-state index >= 15 is 0 Å². The van der Waals surface area contributed by atoms with E-state index in [-0.39, 0.29) is 0 Å². The summed E-state index contributed by atoms with van der Waals surface area (Å²) in [6.45, 7) is 2.34. The average molecular weight is 217 g/mol. The number of hydrogen-bond donors (Lipinski definition) is 1. The molecule has 1 heteroatoms. The van der Waals surface area contributed by atoms with Crippen LogP contribution in [0.25, 0.3) is 0 Å². The van der Waals surface area contributed by atoms with Gasteiger partial charge in [0.2, 0.25) is 0 Å². The first-order valence-electron chi connectivity index (χ1n) is 6.53. The van der Waals surface area contributed by atoms with Crippen LogP contribution < -0.4 is 5.32 Å². The molecule has 1 aliphatic rings. The molecule has 2 rings (SSSR count). The summed E-state index contributed by atoms with van der Waals surface area (Å²) in [5, 5.41) is 3.50. The molecule has 0 aliphatic heterocycles. The van der Waals surface area contributed by atoms with Crippen molar-refractivity contribution >= 4 is 0 Å². The summed E-state index contributed by atoms with van der Waals surface area (Å²) in [6, 6.07) is 11.5. The van der Waals surface area contributed by atoms with Gasteiger partial charge in [0.1, 0.15) is 0 Å². The van der Waals surface area contributed by atoms with E-state index in [0.717, 1.165) is 5.92 Å². The fraction of sp³-hybridized carbons (Fsp3) is 0.600. The monoisotopic (exact) mass is 217 g/mol. The fourth-order valence-corrected chi connectivity index (χ4v) is 2.65. The van der Waals surface area contributed by atoms with Gasteiger partial charge in [-0.1, -0.05) is 56.5 Å². The highest BCUT2D eigenvalue weighted by Gasteiger charge is 2.25. The number of nitrogens with one attached hydrogen (secondary N) is 1. The van der Waals surface area contributed by atoms with Crippen LogP contribution in [0, 0.1) is 5.92 Å². The highest BCUT2D eigenvalue weighted by molar-refractivity contribution is 5.20. The second-order valence-corrected chi connectivity index (χ2v) is 5.13. The predicted octanol–water partition coefficient (Wildman–Crippen LogP) is 3.57. The standard InChI is InChI=1S/C15H23N/c1-12(14-9-4-3-5-10-14)15(16-2)11-13-7-6-8-13/h3-5,9-10,12-13,15-16H,6-8,11H2,1-2H3. The van der Waals surface area contributed by atoms with Gasteiger partial charge in [-0.15, -0.1) is 0 Å². The molecule has 88 valence electrons. The van der Waals surface area contributed by atoms with Crippen molar-refractivity contribution in [3.63, 3.8) is 0 Å². The summed E-state index contributed by atoms with van der Waals surface area (Å²) in [7, 11) is 2.10. The van der Waals surface area contributed by atoms with Crippen LogP contribution in [0.2, 0.25) is 0 Å². The number of rotatable bonds is 5. The lowest BCUT2D eigenvalue weighted by Gasteiger charge is -2.32. The van der Waals surface area contributed by atoms with Crippen molar-refractivity contribution < 1.29 is 0 Å². The van der Waals surface area contributed by atoms with E-state index < -0.39 is 0 Å². The molecule has 1 aromatic rings. The Morgan fingerprint density at radius 1 is 1.25 bits per heavy atom. The second kappa shape index (κ2) is 5.49. The van der Waals surface area contributed by atoms with Gasteiger partial charge in [-0.3, -0.25) is 0 Å². The maximum Gasteiger partial charge on any atom is 0.0133 e. The molecule has 1 aromatic carbocycles. The van der Waals surface area contributed by atoms with Crippen molar-refractivity contribution in [2.24, 2.45) is 5.92 Å². The van der Waals surface area contributed by atoms with E-state index in [4.69, 9.17) is 0 Å². The van der Waals surface area contributed by atoms with Crippen molar-refractivity contribution in [3.8, 4) is 0 Å². The third kappa shape index (κ3) is 2.65. The van der Waals surface area contributed by atoms with E-state index in [1.54, 1.807) is 0 Å². The molecule has 1 aliphatic carbocycles. The minimum Gasteiger partial charge on any atom is -0.316 e. The second-order valence-electron chi connectivity index (χ2n) is 5.13. The smallest absolute Gasteiger partial charge is 0.0133 e. The summed E-state index contributed by atoms with van der Waals surface area (Å²) >= 11 is 0. The molecular weight excluding hydrogens is 194 g/mol. The summed E-state index contributed by atoms with van der Waals surface area (Å²) in [5.41, 5.74) is 1.46. The van der Waals surface area contributed by atoms with Crippen LogP contribution in [0.15, 0.2) is 30.3 Å². The van der Waals surface area contributed by atoms with Gasteiger partial charge in [-0.2, -0.15) is 0 Å². The van der Waals surface area contributed by atoms with Crippen molar-refractivity contribution in [2.45, 2.75) is 44.6 Å². The molecule has 2 atom stereocenters. The van der Waals surface area contributed by atoms with Gasteiger partial charge in [0.05, 0.1) is 0 Å². The molecule has 16 heavy (non-hydrogen) atoms. The van der Waals surface area contributed by atoms with Crippen LogP contribution in [-0.4, -0.2) is 13.1 Å². The fourth-order valence-electron chi connectivity index (χ4n) is 2.65. The molecule has 0 bridgehead atoms. The van der Waals surface area contributed by atoms with E-state index in [2.05, 4.69) is 49.6 Å². The molecule has 1 saturated carbocycles. The van der Waals surface area contributed by atoms with Gasteiger partial charge in [-0.25, -0.2) is 0 Å². The SMILES string of the molecule is CNC(CC1CCC1)C(C)c1ccccc1. The highest BCUT2D eigenvalue weighted by Crippen LogP contribution is 2.33. The Morgan fingerprint density at radius 2 is 1.94 bits per heavy atom. The lowest BCUT2D eigenvalue weighted by Crippen LogP contribution is -2.34. The molecular formula is C15H23N. The lowest BCUT2D eigenvalue weighted by molar-refractivity contribution is 0.252. The average Bonchev–Trinajstić information content (AvgIpc) is 2.28. The van der Waals surface area contributed by atoms with Gasteiger partial charge in [0.15, 0.2) is 0 Å². The normalized spacial score (nSPS) is 20.1. The molecule has 0 aromatic heterocycles. The van der Waals surface area contributed by atoms with Crippen molar-refractivity contribution in [3.05, 3.63) is 35.9 Å². The molecule has 2 unspecified atom stereocenters. The highest BCUT2D eigenvalue weighted by atomic mass is 14.9. The van der Waals surface area contributed by atoms with Gasteiger partial charge in [-0.05, 0) is 30.9 Å². The van der Waals surface area contributed by atoms with Crippen LogP contribution in [0.4, 0.5) is 0 Å². The van der Waals surface area contributed by atoms with Crippen LogP contribution in [0.5, 0.6) is 0 Å². The summed E-state index contributed by atoms with van der Waals surface area (Å²) < 4.78 is 0. The Balaban J connectivity index is 1.97. The van der Waals surface area contributed by atoms with Gasteiger partial charge >= 0.3 is 0 Å². The molecule has 0 amide bonds. The molecule has 1 N–H and O–H groups in total. The van der Waals surface area contributed by atoms with Crippen molar-refractivity contribution in [1.82, 2.24) is 5.32 Å². The van der Waals surface area contributed by atoms with Crippen LogP contribution in [-0.2, 0) is 0 Å². The first kappa shape index (κ1) is 11.7. The molecule has 0 saturated heterocycles. The number of hydrogen-bond acceptors (Lipinski definition) is 1. The van der Waals surface area contributed by atoms with Crippen LogP contribution in [0.1, 0.15) is 44.1 Å². The zero-order valence-corrected chi connectivity index (χ0v) is 10.4. The minimum absolute atomic E-state index is 0.617. The predicted molar refractivity (Wildman–Crippen MR) is 69.7 cm³/mol. The molecule has 1 fully saturated rings. The largest absolute Gasteiger partial charge is 0.316 e. The van der Waals surface area contributed by atoms with Crippen molar-refractivity contribution in [2.75, 3.05) is 7.05 Å². The molecule has 0 heterocycles. The Morgan fingerprint density at radius 3 is 2.44 bits per heavy atom. The van der Waals surface area contributed by atoms with Gasteiger partial charge in [0.25, 0.3) is 0 Å². The Kier molecular flexibility index (Phi) is 4.00. The summed E-state index contributed by atoms with van der Waals surface area (Å²) in [4.78, 5) is 0. The first-order chi connectivity index (χ1) is 7.81. The maximum atomic E-state index is 3.50. The quantitative estimate of drug-likeness (QED) is 0.795. The zero-order chi connectivity index (χ0) is 11.4. The van der Waals surface area contributed by atoms with E-state index in [1.165, 1.54) is 31.2 Å². The minimum atomic E-state index is 0.617. The Labute approximate surface area is 99.3 Å². The van der Waals surface area contributed by atoms with E-state index in [0.29, 0.717) is 12.0 Å². The zero-order valence-electron chi connectivity index (χ0n) is 10.4. The number of likely N-dealkylation sites (N-methyl/N-ethyl adjacent to an activating group) is 1. The Bertz CT molecular complexity index is 302.